The Morgan fingerprint density at radius 3 is 2.48 bits per heavy atom. The third-order valence-corrected chi connectivity index (χ3v) is 2.24. The number of pyridine rings is 1. The quantitative estimate of drug-likeness (QED) is 0.668. The van der Waals surface area contributed by atoms with Gasteiger partial charge in [0.2, 0.25) is 5.88 Å². The third-order valence-electron chi connectivity index (χ3n) is 2.24. The minimum atomic E-state index is -5.15. The van der Waals surface area contributed by atoms with Gasteiger partial charge in [0.25, 0.3) is 6.43 Å². The van der Waals surface area contributed by atoms with E-state index in [9.17, 15) is 26.7 Å². The van der Waals surface area contributed by atoms with Crippen LogP contribution in [-0.4, -0.2) is 23.9 Å². The number of aromatic nitrogens is 1. The van der Waals surface area contributed by atoms with E-state index in [1.54, 1.807) is 0 Å². The number of alkyl halides is 5. The molecule has 0 aliphatic heterocycles. The Balaban J connectivity index is 3.40. The van der Waals surface area contributed by atoms with Crippen molar-refractivity contribution >= 4 is 5.97 Å². The van der Waals surface area contributed by atoms with Crippen molar-refractivity contribution in [3.8, 4) is 5.88 Å². The van der Waals surface area contributed by atoms with E-state index in [1.165, 1.54) is 6.92 Å². The van der Waals surface area contributed by atoms with Gasteiger partial charge in [0.15, 0.2) is 0 Å². The van der Waals surface area contributed by atoms with Crippen molar-refractivity contribution in [2.24, 2.45) is 5.73 Å². The van der Waals surface area contributed by atoms with E-state index in [2.05, 4.69) is 14.5 Å². The summed E-state index contributed by atoms with van der Waals surface area (Å²) in [6, 6.07) is 0.541. The second kappa shape index (κ2) is 6.66. The van der Waals surface area contributed by atoms with Crippen LogP contribution in [-0.2, 0) is 11.3 Å². The zero-order valence-electron chi connectivity index (χ0n) is 10.7. The number of nitrogens with two attached hydrogens (primary N) is 1. The van der Waals surface area contributed by atoms with Crippen molar-refractivity contribution < 1.29 is 36.2 Å². The van der Waals surface area contributed by atoms with Gasteiger partial charge in [-0.05, 0) is 13.0 Å². The third kappa shape index (κ3) is 4.52. The number of nitrogens with zero attached hydrogens (tertiary/aromatic N) is 1. The summed E-state index contributed by atoms with van der Waals surface area (Å²) in [5, 5.41) is 0. The number of hydrogen-bond donors (Lipinski definition) is 1. The maximum absolute atomic E-state index is 12.8. The lowest BCUT2D eigenvalue weighted by molar-refractivity contribution is -0.276. The predicted molar refractivity (Wildman–Crippen MR) is 59.7 cm³/mol. The molecule has 1 heterocycles. The average Bonchev–Trinajstić information content (AvgIpc) is 2.36. The van der Waals surface area contributed by atoms with Gasteiger partial charge in [-0.1, -0.05) is 0 Å². The van der Waals surface area contributed by atoms with Crippen LogP contribution in [0, 0.1) is 0 Å². The number of halogens is 5. The summed E-state index contributed by atoms with van der Waals surface area (Å²) >= 11 is 0. The highest BCUT2D eigenvalue weighted by atomic mass is 19.4. The summed E-state index contributed by atoms with van der Waals surface area (Å²) in [5.41, 5.74) is 3.05. The molecular weight excluding hydrogens is 303 g/mol. The van der Waals surface area contributed by atoms with Gasteiger partial charge in [0.1, 0.15) is 5.56 Å². The summed E-state index contributed by atoms with van der Waals surface area (Å²) in [6.45, 7) is 0.696. The zero-order valence-corrected chi connectivity index (χ0v) is 10.7. The lowest BCUT2D eigenvalue weighted by Gasteiger charge is -2.15. The molecule has 0 radical (unpaired) electrons. The molecule has 0 bridgehead atoms. The normalized spacial score (nSPS) is 11.6. The summed E-state index contributed by atoms with van der Waals surface area (Å²) in [6.07, 6.45) is -8.21. The molecule has 5 nitrogen and oxygen atoms in total. The van der Waals surface area contributed by atoms with Crippen molar-refractivity contribution in [3.63, 3.8) is 0 Å². The van der Waals surface area contributed by atoms with Crippen LogP contribution in [0.2, 0.25) is 0 Å². The molecule has 0 spiro atoms. The Labute approximate surface area is 115 Å². The van der Waals surface area contributed by atoms with Gasteiger partial charge >= 0.3 is 12.3 Å². The summed E-state index contributed by atoms with van der Waals surface area (Å²) in [4.78, 5) is 14.8. The molecule has 0 aromatic carbocycles. The first-order valence-corrected chi connectivity index (χ1v) is 5.64. The standard InChI is InChI=1S/C11H11F5N2O3/c1-2-20-10(19)6-3-5(8(12)13)7(4-17)18-9(6)21-11(14,15)16/h3,8H,2,4,17H2,1H3. The van der Waals surface area contributed by atoms with Crippen LogP contribution in [0.3, 0.4) is 0 Å². The van der Waals surface area contributed by atoms with Gasteiger partial charge in [0, 0.05) is 12.1 Å². The molecule has 0 saturated heterocycles. The van der Waals surface area contributed by atoms with Crippen LogP contribution >= 0.6 is 0 Å². The minimum absolute atomic E-state index is 0.160. The highest BCUT2D eigenvalue weighted by Gasteiger charge is 2.35. The highest BCUT2D eigenvalue weighted by Crippen LogP contribution is 2.31. The number of carbonyl (C=O) groups is 1. The molecule has 0 atom stereocenters. The van der Waals surface area contributed by atoms with Gasteiger partial charge in [-0.25, -0.2) is 18.6 Å². The van der Waals surface area contributed by atoms with Crippen LogP contribution in [0.5, 0.6) is 5.88 Å². The Morgan fingerprint density at radius 2 is 2.05 bits per heavy atom. The summed E-state index contributed by atoms with van der Waals surface area (Å²) in [7, 11) is 0. The Bertz CT molecular complexity index is 519. The van der Waals surface area contributed by atoms with E-state index in [4.69, 9.17) is 5.73 Å². The van der Waals surface area contributed by atoms with E-state index < -0.39 is 48.0 Å². The smallest absolute Gasteiger partial charge is 0.462 e. The fraction of sp³-hybridized carbons (Fsp3) is 0.455. The molecule has 0 amide bonds. The Kier molecular flexibility index (Phi) is 5.41. The lowest BCUT2D eigenvalue weighted by atomic mass is 10.1. The number of ether oxygens (including phenoxy) is 2. The molecule has 21 heavy (non-hydrogen) atoms. The molecule has 0 aliphatic carbocycles. The van der Waals surface area contributed by atoms with Crippen molar-refractivity contribution in [2.75, 3.05) is 6.61 Å². The first-order valence-electron chi connectivity index (χ1n) is 5.64. The highest BCUT2D eigenvalue weighted by molar-refractivity contribution is 5.92. The SMILES string of the molecule is CCOC(=O)c1cc(C(F)F)c(CN)nc1OC(F)(F)F. The first kappa shape index (κ1) is 17.1. The largest absolute Gasteiger partial charge is 0.574 e. The molecule has 0 saturated carbocycles. The van der Waals surface area contributed by atoms with Gasteiger partial charge in [-0.2, -0.15) is 0 Å². The molecule has 0 unspecified atom stereocenters. The van der Waals surface area contributed by atoms with Crippen LogP contribution < -0.4 is 10.5 Å². The second-order valence-corrected chi connectivity index (χ2v) is 3.65. The minimum Gasteiger partial charge on any atom is -0.462 e. The fourth-order valence-electron chi connectivity index (χ4n) is 1.44. The van der Waals surface area contributed by atoms with Crippen LogP contribution in [0.15, 0.2) is 6.07 Å². The fourth-order valence-corrected chi connectivity index (χ4v) is 1.44. The van der Waals surface area contributed by atoms with Gasteiger partial charge in [-0.15, -0.1) is 13.2 Å². The van der Waals surface area contributed by atoms with Crippen LogP contribution in [0.4, 0.5) is 22.0 Å². The van der Waals surface area contributed by atoms with Crippen molar-refractivity contribution in [3.05, 3.63) is 22.9 Å². The van der Waals surface area contributed by atoms with E-state index in [0.29, 0.717) is 6.07 Å². The molecule has 1 aromatic rings. The van der Waals surface area contributed by atoms with Gasteiger partial charge in [-0.3, -0.25) is 0 Å². The molecule has 0 fully saturated rings. The van der Waals surface area contributed by atoms with Gasteiger partial charge in [0.05, 0.1) is 12.3 Å². The molecule has 2 N–H and O–H groups in total. The molecule has 1 rings (SSSR count). The monoisotopic (exact) mass is 314 g/mol. The first-order chi connectivity index (χ1) is 9.69. The Morgan fingerprint density at radius 1 is 1.43 bits per heavy atom. The maximum atomic E-state index is 12.8. The topological polar surface area (TPSA) is 74.4 Å². The van der Waals surface area contributed by atoms with E-state index >= 15 is 0 Å². The number of esters is 1. The molecule has 10 heteroatoms. The van der Waals surface area contributed by atoms with E-state index in [-0.39, 0.29) is 6.61 Å². The number of rotatable bonds is 5. The molecule has 118 valence electrons. The second-order valence-electron chi connectivity index (χ2n) is 3.65. The molecule has 0 aliphatic rings. The summed E-state index contributed by atoms with van der Waals surface area (Å²) in [5.74, 6) is -2.43. The zero-order chi connectivity index (χ0) is 16.2. The van der Waals surface area contributed by atoms with E-state index in [0.717, 1.165) is 0 Å². The lowest BCUT2D eigenvalue weighted by Crippen LogP contribution is -2.22. The number of hydrogen-bond acceptors (Lipinski definition) is 5. The van der Waals surface area contributed by atoms with Crippen LogP contribution in [0.25, 0.3) is 0 Å². The van der Waals surface area contributed by atoms with Crippen LogP contribution in [0.1, 0.15) is 35.0 Å². The predicted octanol–water partition coefficient (Wildman–Crippen LogP) is 2.55. The molecular formula is C11H11F5N2O3. The number of carbonyl (C=O) groups excluding carboxylic acids is 1. The average molecular weight is 314 g/mol. The Hall–Kier alpha value is -1.97. The maximum Gasteiger partial charge on any atom is 0.574 e. The van der Waals surface area contributed by atoms with E-state index in [1.807, 2.05) is 0 Å². The molecule has 1 aromatic heterocycles. The van der Waals surface area contributed by atoms with Crippen molar-refractivity contribution in [1.29, 1.82) is 0 Å². The van der Waals surface area contributed by atoms with Gasteiger partial charge < -0.3 is 15.2 Å². The van der Waals surface area contributed by atoms with Crippen molar-refractivity contribution in [2.45, 2.75) is 26.3 Å². The van der Waals surface area contributed by atoms with Crippen molar-refractivity contribution in [1.82, 2.24) is 4.98 Å². The summed E-state index contributed by atoms with van der Waals surface area (Å²) < 4.78 is 70.5.